The van der Waals surface area contributed by atoms with E-state index < -0.39 is 15.1 Å². The van der Waals surface area contributed by atoms with Crippen LogP contribution in [0.25, 0.3) is 0 Å². The third-order valence-electron chi connectivity index (χ3n) is 2.56. The van der Waals surface area contributed by atoms with E-state index in [0.29, 0.717) is 5.56 Å². The lowest BCUT2D eigenvalue weighted by atomic mass is 10.1. The number of aryl methyl sites for hydroxylation is 1. The van der Waals surface area contributed by atoms with Crippen LogP contribution in [0.1, 0.15) is 21.8 Å². The van der Waals surface area contributed by atoms with Crippen LogP contribution in [0.3, 0.4) is 0 Å². The zero-order chi connectivity index (χ0) is 14.8. The molecule has 2 aromatic rings. The molecule has 0 aliphatic rings. The lowest BCUT2D eigenvalue weighted by molar-refractivity contribution is 0.0946. The molecule has 0 saturated carbocycles. The maximum Gasteiger partial charge on any atom is 0.335 e. The summed E-state index contributed by atoms with van der Waals surface area (Å²) in [6.07, 6.45) is 0.968. The molecule has 0 radical (unpaired) electrons. The van der Waals surface area contributed by atoms with E-state index in [-0.39, 0.29) is 18.3 Å². The number of aromatic nitrogens is 2. The van der Waals surface area contributed by atoms with Gasteiger partial charge in [-0.05, 0) is 18.6 Å². The molecule has 1 heterocycles. The van der Waals surface area contributed by atoms with Crippen LogP contribution in [0.5, 0.6) is 0 Å². The zero-order valence-electron chi connectivity index (χ0n) is 11.0. The highest BCUT2D eigenvalue weighted by molar-refractivity contribution is 7.90. The first-order valence-electron chi connectivity index (χ1n) is 5.74. The fourth-order valence-corrected chi connectivity index (χ4v) is 1.97. The van der Waals surface area contributed by atoms with E-state index in [0.717, 1.165) is 11.8 Å². The summed E-state index contributed by atoms with van der Waals surface area (Å²) in [6, 6.07) is 7.11. The van der Waals surface area contributed by atoms with Crippen LogP contribution in [0.2, 0.25) is 0 Å². The SMILES string of the molecule is Cc1ccccc1C(=O)NCc1nnc(S(C)(=O)=O)o1. The second-order valence-electron chi connectivity index (χ2n) is 4.23. The summed E-state index contributed by atoms with van der Waals surface area (Å²) >= 11 is 0. The van der Waals surface area contributed by atoms with Gasteiger partial charge in [0.25, 0.3) is 5.91 Å². The van der Waals surface area contributed by atoms with Crippen molar-refractivity contribution in [2.24, 2.45) is 0 Å². The molecule has 1 amide bonds. The highest BCUT2D eigenvalue weighted by Crippen LogP contribution is 2.08. The van der Waals surface area contributed by atoms with Gasteiger partial charge in [0.05, 0.1) is 6.54 Å². The summed E-state index contributed by atoms with van der Waals surface area (Å²) in [4.78, 5) is 11.9. The summed E-state index contributed by atoms with van der Waals surface area (Å²) in [7, 11) is -3.53. The molecule has 8 heteroatoms. The van der Waals surface area contributed by atoms with Gasteiger partial charge in [-0.2, -0.15) is 0 Å². The van der Waals surface area contributed by atoms with Crippen molar-refractivity contribution in [1.29, 1.82) is 0 Å². The van der Waals surface area contributed by atoms with Crippen LogP contribution in [0, 0.1) is 6.92 Å². The van der Waals surface area contributed by atoms with Crippen molar-refractivity contribution in [3.63, 3.8) is 0 Å². The number of carbonyl (C=O) groups is 1. The number of hydrogen-bond acceptors (Lipinski definition) is 6. The van der Waals surface area contributed by atoms with E-state index in [9.17, 15) is 13.2 Å². The van der Waals surface area contributed by atoms with Gasteiger partial charge < -0.3 is 9.73 Å². The highest BCUT2D eigenvalue weighted by Gasteiger charge is 2.17. The Kier molecular flexibility index (Phi) is 3.84. The summed E-state index contributed by atoms with van der Waals surface area (Å²) in [5, 5.41) is 9.09. The van der Waals surface area contributed by atoms with Gasteiger partial charge in [-0.1, -0.05) is 23.3 Å². The molecular formula is C12H13N3O4S. The molecule has 1 aromatic carbocycles. The number of nitrogens with zero attached hydrogens (tertiary/aromatic N) is 2. The largest absolute Gasteiger partial charge is 0.411 e. The van der Waals surface area contributed by atoms with Crippen LogP contribution in [-0.2, 0) is 16.4 Å². The summed E-state index contributed by atoms with van der Waals surface area (Å²) in [5.41, 5.74) is 1.38. The van der Waals surface area contributed by atoms with Crippen LogP contribution >= 0.6 is 0 Å². The molecule has 0 aliphatic carbocycles. The van der Waals surface area contributed by atoms with Gasteiger partial charge in [0.15, 0.2) is 0 Å². The molecule has 7 nitrogen and oxygen atoms in total. The summed E-state index contributed by atoms with van der Waals surface area (Å²) < 4.78 is 27.3. The normalized spacial score (nSPS) is 11.3. The van der Waals surface area contributed by atoms with Gasteiger partial charge in [-0.15, -0.1) is 5.10 Å². The van der Waals surface area contributed by atoms with E-state index in [2.05, 4.69) is 15.5 Å². The van der Waals surface area contributed by atoms with Crippen molar-refractivity contribution < 1.29 is 17.6 Å². The molecule has 0 fully saturated rings. The van der Waals surface area contributed by atoms with E-state index >= 15 is 0 Å². The molecule has 1 N–H and O–H groups in total. The van der Waals surface area contributed by atoms with Crippen LogP contribution in [-0.4, -0.2) is 30.8 Å². The Labute approximate surface area is 115 Å². The maximum absolute atomic E-state index is 11.9. The second-order valence-corrected chi connectivity index (χ2v) is 6.13. The molecule has 0 saturated heterocycles. The lowest BCUT2D eigenvalue weighted by Gasteiger charge is -2.05. The van der Waals surface area contributed by atoms with E-state index in [4.69, 9.17) is 4.42 Å². The average molecular weight is 295 g/mol. The minimum Gasteiger partial charge on any atom is -0.411 e. The Bertz CT molecular complexity index is 737. The molecule has 0 atom stereocenters. The number of nitrogens with one attached hydrogen (secondary N) is 1. The van der Waals surface area contributed by atoms with Crippen molar-refractivity contribution in [2.45, 2.75) is 18.7 Å². The first-order valence-corrected chi connectivity index (χ1v) is 7.63. The molecule has 0 unspecified atom stereocenters. The quantitative estimate of drug-likeness (QED) is 0.891. The van der Waals surface area contributed by atoms with Gasteiger partial charge >= 0.3 is 5.22 Å². The Morgan fingerprint density at radius 1 is 1.30 bits per heavy atom. The maximum atomic E-state index is 11.9. The van der Waals surface area contributed by atoms with E-state index in [1.807, 2.05) is 19.1 Å². The van der Waals surface area contributed by atoms with Crippen LogP contribution in [0.15, 0.2) is 33.9 Å². The van der Waals surface area contributed by atoms with Crippen molar-refractivity contribution in [2.75, 3.05) is 6.26 Å². The monoisotopic (exact) mass is 295 g/mol. The first-order chi connectivity index (χ1) is 9.38. The van der Waals surface area contributed by atoms with Crippen molar-refractivity contribution in [3.8, 4) is 0 Å². The van der Waals surface area contributed by atoms with Gasteiger partial charge in [0.1, 0.15) is 0 Å². The Hall–Kier alpha value is -2.22. The Morgan fingerprint density at radius 3 is 2.60 bits per heavy atom. The molecule has 1 aromatic heterocycles. The molecule has 2 rings (SSSR count). The van der Waals surface area contributed by atoms with Crippen molar-refractivity contribution in [3.05, 3.63) is 41.3 Å². The van der Waals surface area contributed by atoms with Gasteiger partial charge in [-0.25, -0.2) is 8.42 Å². The molecule has 0 aliphatic heterocycles. The Morgan fingerprint density at radius 2 is 2.00 bits per heavy atom. The van der Waals surface area contributed by atoms with Crippen LogP contribution < -0.4 is 5.32 Å². The highest BCUT2D eigenvalue weighted by atomic mass is 32.2. The number of rotatable bonds is 4. The third-order valence-corrected chi connectivity index (χ3v) is 3.35. The Balaban J connectivity index is 2.04. The minimum absolute atomic E-state index is 0.0321. The minimum atomic E-state index is -3.53. The van der Waals surface area contributed by atoms with Gasteiger partial charge in [0.2, 0.25) is 15.7 Å². The summed E-state index contributed by atoms with van der Waals surface area (Å²) in [6.45, 7) is 1.79. The smallest absolute Gasteiger partial charge is 0.335 e. The third kappa shape index (κ3) is 3.21. The topological polar surface area (TPSA) is 102 Å². The zero-order valence-corrected chi connectivity index (χ0v) is 11.8. The predicted molar refractivity (Wildman–Crippen MR) is 69.8 cm³/mol. The number of hydrogen-bond donors (Lipinski definition) is 1. The van der Waals surface area contributed by atoms with Crippen LogP contribution in [0.4, 0.5) is 0 Å². The average Bonchev–Trinajstić information content (AvgIpc) is 2.85. The lowest BCUT2D eigenvalue weighted by Crippen LogP contribution is -2.23. The number of carbonyl (C=O) groups excluding carboxylic acids is 1. The summed E-state index contributed by atoms with van der Waals surface area (Å²) in [5.74, 6) is -0.255. The number of sulfone groups is 1. The molecule has 20 heavy (non-hydrogen) atoms. The van der Waals surface area contributed by atoms with E-state index in [1.165, 1.54) is 0 Å². The first kappa shape index (κ1) is 14.2. The number of amides is 1. The van der Waals surface area contributed by atoms with Crippen molar-refractivity contribution in [1.82, 2.24) is 15.5 Å². The molecular weight excluding hydrogens is 282 g/mol. The van der Waals surface area contributed by atoms with E-state index in [1.54, 1.807) is 12.1 Å². The van der Waals surface area contributed by atoms with Crippen molar-refractivity contribution >= 4 is 15.7 Å². The second kappa shape index (κ2) is 5.41. The molecule has 0 bridgehead atoms. The molecule has 106 valence electrons. The molecule has 0 spiro atoms. The predicted octanol–water partition coefficient (Wildman–Crippen LogP) is 0.712. The fourth-order valence-electron chi connectivity index (χ4n) is 1.54. The van der Waals surface area contributed by atoms with Gasteiger partial charge in [0, 0.05) is 11.8 Å². The standard InChI is InChI=1S/C12H13N3O4S/c1-8-5-3-4-6-9(8)11(16)13-7-10-14-15-12(19-10)20(2,17)18/h3-6H,7H2,1-2H3,(H,13,16). The van der Waals surface area contributed by atoms with Gasteiger partial charge in [-0.3, -0.25) is 4.79 Å². The fraction of sp³-hybridized carbons (Fsp3) is 0.250. The number of benzene rings is 1.